The molecule has 0 aliphatic carbocycles. The highest BCUT2D eigenvalue weighted by Crippen LogP contribution is 2.17. The number of hydrogen-bond donors (Lipinski definition) is 2. The van der Waals surface area contributed by atoms with Crippen LogP contribution in [0, 0.1) is 0 Å². The zero-order valence-electron chi connectivity index (χ0n) is 11.8. The van der Waals surface area contributed by atoms with Gasteiger partial charge in [-0.1, -0.05) is 29.8 Å². The monoisotopic (exact) mass is 309 g/mol. The normalized spacial score (nSPS) is 17.8. The van der Waals surface area contributed by atoms with E-state index in [1.165, 1.54) is 4.90 Å². The maximum Gasteiger partial charge on any atom is 0.315 e. The van der Waals surface area contributed by atoms with E-state index < -0.39 is 12.1 Å². The summed E-state index contributed by atoms with van der Waals surface area (Å²) in [7, 11) is 0. The van der Waals surface area contributed by atoms with Crippen molar-refractivity contribution < 1.29 is 9.59 Å². The number of carbonyl (C=O) groups excluding carboxylic acids is 2. The van der Waals surface area contributed by atoms with E-state index in [0.717, 1.165) is 29.8 Å². The minimum atomic E-state index is -0.524. The number of aryl methyl sites for hydroxylation is 1. The first-order valence-corrected chi connectivity index (χ1v) is 7.54. The molecular weight excluding hydrogens is 290 g/mol. The van der Waals surface area contributed by atoms with Crippen molar-refractivity contribution in [1.29, 1.82) is 0 Å². The molecule has 1 aliphatic rings. The third kappa shape index (κ3) is 4.11. The van der Waals surface area contributed by atoms with Crippen molar-refractivity contribution in [3.05, 3.63) is 34.9 Å². The summed E-state index contributed by atoms with van der Waals surface area (Å²) < 4.78 is 0. The molecule has 0 saturated carbocycles. The molecular formula is C15H20ClN3O2. The summed E-state index contributed by atoms with van der Waals surface area (Å²) in [5.74, 6) is -0.120. The van der Waals surface area contributed by atoms with Gasteiger partial charge in [0.2, 0.25) is 5.91 Å². The van der Waals surface area contributed by atoms with Crippen LogP contribution in [0.25, 0.3) is 0 Å². The number of benzene rings is 1. The van der Waals surface area contributed by atoms with Gasteiger partial charge in [-0.05, 0) is 37.3 Å². The minimum absolute atomic E-state index is 0.120. The Morgan fingerprint density at radius 1 is 1.38 bits per heavy atom. The molecule has 1 aromatic rings. The van der Waals surface area contributed by atoms with Gasteiger partial charge in [-0.3, -0.25) is 4.79 Å². The number of likely N-dealkylation sites (tertiary alicyclic amines) is 1. The molecule has 3 N–H and O–H groups in total. The Balaban J connectivity index is 1.75. The molecule has 1 aromatic carbocycles. The molecule has 0 spiro atoms. The summed E-state index contributed by atoms with van der Waals surface area (Å²) >= 11 is 6.08. The molecule has 114 valence electrons. The standard InChI is InChI=1S/C15H20ClN3O2/c16-12-7-2-1-5-11(12)6-3-9-18-14(20)13-8-4-10-19(13)15(17)21/h1-2,5,7,13H,3-4,6,8-10H2,(H2,17,21)(H,18,20)/t13-/m0/s1. The highest BCUT2D eigenvalue weighted by Gasteiger charge is 2.32. The summed E-state index contributed by atoms with van der Waals surface area (Å²) in [5, 5.41) is 3.62. The number of nitrogens with one attached hydrogen (secondary N) is 1. The second-order valence-corrected chi connectivity index (χ2v) is 5.58. The van der Waals surface area contributed by atoms with E-state index in [-0.39, 0.29) is 5.91 Å². The van der Waals surface area contributed by atoms with Crippen molar-refractivity contribution in [1.82, 2.24) is 10.2 Å². The summed E-state index contributed by atoms with van der Waals surface area (Å²) in [6.45, 7) is 1.13. The van der Waals surface area contributed by atoms with Gasteiger partial charge in [-0.25, -0.2) is 4.79 Å². The van der Waals surface area contributed by atoms with Crippen LogP contribution in [0.5, 0.6) is 0 Å². The molecule has 1 saturated heterocycles. The quantitative estimate of drug-likeness (QED) is 0.816. The fraction of sp³-hybridized carbons (Fsp3) is 0.467. The van der Waals surface area contributed by atoms with E-state index in [1.807, 2.05) is 24.3 Å². The first-order chi connectivity index (χ1) is 10.1. The molecule has 1 fully saturated rings. The van der Waals surface area contributed by atoms with Crippen LogP contribution < -0.4 is 11.1 Å². The Kier molecular flexibility index (Phi) is 5.44. The Morgan fingerprint density at radius 3 is 2.86 bits per heavy atom. The highest BCUT2D eigenvalue weighted by molar-refractivity contribution is 6.31. The Labute approximate surface area is 129 Å². The van der Waals surface area contributed by atoms with E-state index in [4.69, 9.17) is 17.3 Å². The van der Waals surface area contributed by atoms with Crippen LogP contribution in [0.4, 0.5) is 4.79 Å². The van der Waals surface area contributed by atoms with Crippen LogP contribution in [0.3, 0.4) is 0 Å². The number of primary amides is 1. The van der Waals surface area contributed by atoms with E-state index in [9.17, 15) is 9.59 Å². The van der Waals surface area contributed by atoms with Gasteiger partial charge in [-0.2, -0.15) is 0 Å². The summed E-state index contributed by atoms with van der Waals surface area (Å²) in [6.07, 6.45) is 3.11. The molecule has 1 aliphatic heterocycles. The van der Waals surface area contributed by atoms with Crippen molar-refractivity contribution in [2.75, 3.05) is 13.1 Å². The summed E-state index contributed by atoms with van der Waals surface area (Å²) in [6, 6.07) is 6.75. The Hall–Kier alpha value is -1.75. The van der Waals surface area contributed by atoms with Gasteiger partial charge >= 0.3 is 6.03 Å². The number of urea groups is 1. The van der Waals surface area contributed by atoms with Crippen molar-refractivity contribution >= 4 is 23.5 Å². The molecule has 0 unspecified atom stereocenters. The van der Waals surface area contributed by atoms with Gasteiger partial charge in [0.1, 0.15) is 6.04 Å². The van der Waals surface area contributed by atoms with Gasteiger partial charge in [0, 0.05) is 18.1 Å². The lowest BCUT2D eigenvalue weighted by Crippen LogP contribution is -2.48. The van der Waals surface area contributed by atoms with E-state index >= 15 is 0 Å². The lowest BCUT2D eigenvalue weighted by Gasteiger charge is -2.21. The largest absolute Gasteiger partial charge is 0.354 e. The van der Waals surface area contributed by atoms with Gasteiger partial charge < -0.3 is 16.0 Å². The van der Waals surface area contributed by atoms with Crippen LogP contribution in [0.2, 0.25) is 5.02 Å². The zero-order valence-corrected chi connectivity index (χ0v) is 12.6. The molecule has 6 heteroatoms. The second-order valence-electron chi connectivity index (χ2n) is 5.18. The summed E-state index contributed by atoms with van der Waals surface area (Å²) in [4.78, 5) is 24.7. The topological polar surface area (TPSA) is 75.4 Å². The maximum atomic E-state index is 12.1. The number of nitrogens with zero attached hydrogens (tertiary/aromatic N) is 1. The molecule has 21 heavy (non-hydrogen) atoms. The maximum absolute atomic E-state index is 12.1. The molecule has 3 amide bonds. The number of carbonyl (C=O) groups is 2. The molecule has 5 nitrogen and oxygen atoms in total. The van der Waals surface area contributed by atoms with Crippen molar-refractivity contribution in [3.8, 4) is 0 Å². The van der Waals surface area contributed by atoms with E-state index in [2.05, 4.69) is 5.32 Å². The SMILES string of the molecule is NC(=O)N1CCC[C@H]1C(=O)NCCCc1ccccc1Cl. The fourth-order valence-electron chi connectivity index (χ4n) is 2.61. The predicted octanol–water partition coefficient (Wildman–Crippen LogP) is 1.93. The van der Waals surface area contributed by atoms with Crippen molar-refractivity contribution in [3.63, 3.8) is 0 Å². The van der Waals surface area contributed by atoms with Crippen LogP contribution in [0.1, 0.15) is 24.8 Å². The first kappa shape index (κ1) is 15.6. The first-order valence-electron chi connectivity index (χ1n) is 7.17. The minimum Gasteiger partial charge on any atom is -0.354 e. The number of nitrogens with two attached hydrogens (primary N) is 1. The molecule has 0 aromatic heterocycles. The number of amides is 3. The molecule has 0 radical (unpaired) electrons. The molecule has 1 atom stereocenters. The van der Waals surface area contributed by atoms with Crippen LogP contribution >= 0.6 is 11.6 Å². The number of hydrogen-bond acceptors (Lipinski definition) is 2. The number of rotatable bonds is 5. The third-order valence-corrected chi connectivity index (χ3v) is 4.09. The second kappa shape index (κ2) is 7.31. The van der Waals surface area contributed by atoms with Crippen LogP contribution in [-0.2, 0) is 11.2 Å². The fourth-order valence-corrected chi connectivity index (χ4v) is 2.84. The van der Waals surface area contributed by atoms with Crippen LogP contribution in [0.15, 0.2) is 24.3 Å². The van der Waals surface area contributed by atoms with Gasteiger partial charge in [-0.15, -0.1) is 0 Å². The average Bonchev–Trinajstić information content (AvgIpc) is 2.95. The average molecular weight is 310 g/mol. The molecule has 1 heterocycles. The van der Waals surface area contributed by atoms with Gasteiger partial charge in [0.25, 0.3) is 0 Å². The smallest absolute Gasteiger partial charge is 0.315 e. The van der Waals surface area contributed by atoms with Crippen molar-refractivity contribution in [2.24, 2.45) is 5.73 Å². The number of halogens is 1. The summed E-state index contributed by atoms with van der Waals surface area (Å²) in [5.41, 5.74) is 6.34. The lowest BCUT2D eigenvalue weighted by atomic mass is 10.1. The van der Waals surface area contributed by atoms with E-state index in [1.54, 1.807) is 0 Å². The highest BCUT2D eigenvalue weighted by atomic mass is 35.5. The van der Waals surface area contributed by atoms with Crippen molar-refractivity contribution in [2.45, 2.75) is 31.7 Å². The molecule has 0 bridgehead atoms. The Morgan fingerprint density at radius 2 is 2.14 bits per heavy atom. The Bertz CT molecular complexity index is 521. The van der Waals surface area contributed by atoms with Gasteiger partial charge in [0.15, 0.2) is 0 Å². The molecule has 2 rings (SSSR count). The lowest BCUT2D eigenvalue weighted by molar-refractivity contribution is -0.124. The van der Waals surface area contributed by atoms with Crippen LogP contribution in [-0.4, -0.2) is 36.0 Å². The third-order valence-electron chi connectivity index (χ3n) is 3.72. The van der Waals surface area contributed by atoms with E-state index in [0.29, 0.717) is 19.5 Å². The predicted molar refractivity (Wildman–Crippen MR) is 82.1 cm³/mol. The van der Waals surface area contributed by atoms with Gasteiger partial charge in [0.05, 0.1) is 0 Å². The zero-order chi connectivity index (χ0) is 15.2.